The Labute approximate surface area is 167 Å². The highest BCUT2D eigenvalue weighted by Gasteiger charge is 2.27. The molecule has 1 saturated heterocycles. The van der Waals surface area contributed by atoms with Crippen LogP contribution in [0.1, 0.15) is 42.9 Å². The molecule has 0 aliphatic carbocycles. The number of hydrogen-bond donors (Lipinski definition) is 0. The fourth-order valence-electron chi connectivity index (χ4n) is 3.53. The Morgan fingerprint density at radius 1 is 1.25 bits per heavy atom. The minimum atomic E-state index is -0.398. The Bertz CT molecular complexity index is 959. The van der Waals surface area contributed by atoms with Gasteiger partial charge >= 0.3 is 0 Å². The summed E-state index contributed by atoms with van der Waals surface area (Å²) in [7, 11) is 0. The maximum atomic E-state index is 10.9. The first-order valence-corrected chi connectivity index (χ1v) is 10.3. The van der Waals surface area contributed by atoms with Gasteiger partial charge in [0.1, 0.15) is 10.8 Å². The Kier molecular flexibility index (Phi) is 5.29. The van der Waals surface area contributed by atoms with Gasteiger partial charge in [0.05, 0.1) is 11.0 Å². The molecule has 3 heterocycles. The van der Waals surface area contributed by atoms with Crippen LogP contribution in [0, 0.1) is 10.1 Å². The van der Waals surface area contributed by atoms with Gasteiger partial charge in [0.15, 0.2) is 5.82 Å². The summed E-state index contributed by atoms with van der Waals surface area (Å²) in [6.07, 6.45) is 6.02. The van der Waals surface area contributed by atoms with Crippen molar-refractivity contribution >= 4 is 22.8 Å². The van der Waals surface area contributed by atoms with Gasteiger partial charge in [-0.05, 0) is 37.8 Å². The number of nitrogens with zero attached hydrogens (tertiary/aromatic N) is 5. The lowest BCUT2D eigenvalue weighted by Gasteiger charge is -2.35. The summed E-state index contributed by atoms with van der Waals surface area (Å²) in [6, 6.07) is 8.71. The molecular weight excluding hydrogens is 374 g/mol. The number of nitro benzene ring substituents is 1. The van der Waals surface area contributed by atoms with Gasteiger partial charge in [0.2, 0.25) is 0 Å². The lowest BCUT2D eigenvalue weighted by atomic mass is 10.0. The summed E-state index contributed by atoms with van der Waals surface area (Å²) in [5.74, 6) is 1.51. The van der Waals surface area contributed by atoms with Crippen molar-refractivity contribution in [1.82, 2.24) is 15.0 Å². The standard InChI is InChI=1S/C20H21N5O2S/c1-2-15-13-18(24-11-4-3-5-17(24)20-21-10-12-28-20)23-19(22-15)14-6-8-16(9-7-14)25(26)27/h6-10,12-13,17H,2-5,11H2,1H3/t17-/m1/s1. The highest BCUT2D eigenvalue weighted by atomic mass is 32.1. The van der Waals surface area contributed by atoms with Gasteiger partial charge in [0.25, 0.3) is 5.69 Å². The van der Waals surface area contributed by atoms with E-state index in [4.69, 9.17) is 4.98 Å². The first-order chi connectivity index (χ1) is 13.7. The quantitative estimate of drug-likeness (QED) is 0.455. The molecular formula is C20H21N5O2S. The SMILES string of the molecule is CCc1cc(N2CCCC[C@@H]2c2nccs2)nc(-c2ccc([N+](=O)[O-])cc2)n1. The zero-order valence-corrected chi connectivity index (χ0v) is 16.4. The van der Waals surface area contributed by atoms with Gasteiger partial charge in [-0.3, -0.25) is 10.1 Å². The third-order valence-corrected chi connectivity index (χ3v) is 5.87. The molecule has 0 amide bonds. The normalized spacial score (nSPS) is 16.9. The van der Waals surface area contributed by atoms with E-state index in [2.05, 4.69) is 27.9 Å². The maximum absolute atomic E-state index is 10.9. The van der Waals surface area contributed by atoms with E-state index in [1.807, 2.05) is 11.6 Å². The zero-order valence-electron chi connectivity index (χ0n) is 15.6. The van der Waals surface area contributed by atoms with Crippen LogP contribution in [0.4, 0.5) is 11.5 Å². The van der Waals surface area contributed by atoms with E-state index in [9.17, 15) is 10.1 Å². The number of piperidine rings is 1. The average Bonchev–Trinajstić information content (AvgIpc) is 3.28. The number of thiazole rings is 1. The number of aromatic nitrogens is 3. The molecule has 1 aromatic carbocycles. The number of non-ortho nitro benzene ring substituents is 1. The minimum absolute atomic E-state index is 0.0653. The lowest BCUT2D eigenvalue weighted by molar-refractivity contribution is -0.384. The van der Waals surface area contributed by atoms with Gasteiger partial charge < -0.3 is 4.90 Å². The largest absolute Gasteiger partial charge is 0.347 e. The average molecular weight is 395 g/mol. The summed E-state index contributed by atoms with van der Waals surface area (Å²) in [6.45, 7) is 3.00. The van der Waals surface area contributed by atoms with Crippen LogP contribution in [0.25, 0.3) is 11.4 Å². The van der Waals surface area contributed by atoms with Crippen molar-refractivity contribution in [3.8, 4) is 11.4 Å². The van der Waals surface area contributed by atoms with Crippen LogP contribution < -0.4 is 4.90 Å². The Morgan fingerprint density at radius 3 is 2.75 bits per heavy atom. The summed E-state index contributed by atoms with van der Waals surface area (Å²) in [4.78, 5) is 26.9. The highest BCUT2D eigenvalue weighted by Crippen LogP contribution is 2.36. The molecule has 0 radical (unpaired) electrons. The van der Waals surface area contributed by atoms with Crippen molar-refractivity contribution < 1.29 is 4.92 Å². The number of anilines is 1. The third kappa shape index (κ3) is 3.73. The number of aryl methyl sites for hydroxylation is 1. The second-order valence-electron chi connectivity index (χ2n) is 6.77. The molecule has 0 unspecified atom stereocenters. The maximum Gasteiger partial charge on any atom is 0.269 e. The van der Waals surface area contributed by atoms with Gasteiger partial charge in [0, 0.05) is 47.6 Å². The van der Waals surface area contributed by atoms with Crippen molar-refractivity contribution in [1.29, 1.82) is 0 Å². The van der Waals surface area contributed by atoms with Crippen LogP contribution in [0.5, 0.6) is 0 Å². The van der Waals surface area contributed by atoms with Crippen molar-refractivity contribution in [2.45, 2.75) is 38.6 Å². The minimum Gasteiger partial charge on any atom is -0.347 e. The Balaban J connectivity index is 1.72. The summed E-state index contributed by atoms with van der Waals surface area (Å²) >= 11 is 1.68. The van der Waals surface area contributed by atoms with E-state index in [1.165, 1.54) is 18.6 Å². The van der Waals surface area contributed by atoms with Crippen LogP contribution in [0.15, 0.2) is 41.9 Å². The van der Waals surface area contributed by atoms with Crippen LogP contribution in [0.2, 0.25) is 0 Å². The van der Waals surface area contributed by atoms with Crippen LogP contribution in [-0.4, -0.2) is 26.4 Å². The molecule has 0 bridgehead atoms. The summed E-state index contributed by atoms with van der Waals surface area (Å²) < 4.78 is 0. The number of nitro groups is 1. The third-order valence-electron chi connectivity index (χ3n) is 5.00. The van der Waals surface area contributed by atoms with E-state index in [0.717, 1.165) is 47.9 Å². The molecule has 1 aliphatic heterocycles. The fourth-order valence-corrected chi connectivity index (χ4v) is 4.32. The predicted molar refractivity (Wildman–Crippen MR) is 110 cm³/mol. The Hall–Kier alpha value is -2.87. The predicted octanol–water partition coefficient (Wildman–Crippen LogP) is 4.80. The monoisotopic (exact) mass is 395 g/mol. The molecule has 8 heteroatoms. The van der Waals surface area contributed by atoms with E-state index >= 15 is 0 Å². The molecule has 28 heavy (non-hydrogen) atoms. The van der Waals surface area contributed by atoms with Crippen LogP contribution >= 0.6 is 11.3 Å². The summed E-state index contributed by atoms with van der Waals surface area (Å²) in [5.41, 5.74) is 1.81. The molecule has 0 spiro atoms. The first-order valence-electron chi connectivity index (χ1n) is 9.44. The van der Waals surface area contributed by atoms with E-state index in [-0.39, 0.29) is 11.7 Å². The molecule has 1 atom stereocenters. The lowest BCUT2D eigenvalue weighted by Crippen LogP contribution is -2.34. The molecule has 1 fully saturated rings. The molecule has 144 valence electrons. The smallest absolute Gasteiger partial charge is 0.269 e. The van der Waals surface area contributed by atoms with E-state index in [1.54, 1.807) is 23.5 Å². The van der Waals surface area contributed by atoms with Crippen molar-refractivity contribution in [3.05, 3.63) is 62.7 Å². The molecule has 3 aromatic rings. The molecule has 0 N–H and O–H groups in total. The first kappa shape index (κ1) is 18.5. The second-order valence-corrected chi connectivity index (χ2v) is 7.70. The van der Waals surface area contributed by atoms with Gasteiger partial charge in [-0.25, -0.2) is 15.0 Å². The molecule has 2 aromatic heterocycles. The van der Waals surface area contributed by atoms with Crippen LogP contribution in [-0.2, 0) is 6.42 Å². The van der Waals surface area contributed by atoms with E-state index in [0.29, 0.717) is 5.82 Å². The van der Waals surface area contributed by atoms with Gasteiger partial charge in [-0.1, -0.05) is 6.92 Å². The van der Waals surface area contributed by atoms with Gasteiger partial charge in [-0.2, -0.15) is 0 Å². The zero-order chi connectivity index (χ0) is 19.5. The van der Waals surface area contributed by atoms with Crippen molar-refractivity contribution in [2.24, 2.45) is 0 Å². The number of hydrogen-bond acceptors (Lipinski definition) is 7. The number of benzene rings is 1. The fraction of sp³-hybridized carbons (Fsp3) is 0.350. The highest BCUT2D eigenvalue weighted by molar-refractivity contribution is 7.09. The summed E-state index contributed by atoms with van der Waals surface area (Å²) in [5, 5.41) is 14.1. The topological polar surface area (TPSA) is 85.0 Å². The van der Waals surface area contributed by atoms with Crippen molar-refractivity contribution in [3.63, 3.8) is 0 Å². The molecule has 7 nitrogen and oxygen atoms in total. The number of rotatable bonds is 5. The Morgan fingerprint density at radius 2 is 2.07 bits per heavy atom. The second kappa shape index (κ2) is 8.02. The van der Waals surface area contributed by atoms with Crippen LogP contribution in [0.3, 0.4) is 0 Å². The molecule has 0 saturated carbocycles. The molecule has 4 rings (SSSR count). The van der Waals surface area contributed by atoms with E-state index < -0.39 is 4.92 Å². The van der Waals surface area contributed by atoms with Gasteiger partial charge in [-0.15, -0.1) is 11.3 Å². The van der Waals surface area contributed by atoms with Crippen molar-refractivity contribution in [2.75, 3.05) is 11.4 Å². The molecule has 1 aliphatic rings.